The maximum Gasteiger partial charge on any atom is 0.573 e. The van der Waals surface area contributed by atoms with Gasteiger partial charge < -0.3 is 24.5 Å². The number of aromatic nitrogens is 1. The van der Waals surface area contributed by atoms with Gasteiger partial charge in [-0.25, -0.2) is 4.98 Å². The Hall–Kier alpha value is -2.59. The number of hydrogen-bond acceptors (Lipinski definition) is 6. The molecule has 2 N–H and O–H groups in total. The van der Waals surface area contributed by atoms with E-state index in [0.717, 1.165) is 6.07 Å². The van der Waals surface area contributed by atoms with Crippen molar-refractivity contribution < 1.29 is 31.9 Å². The molecule has 2 aromatic rings. The number of benzene rings is 1. The van der Waals surface area contributed by atoms with E-state index in [-0.39, 0.29) is 29.5 Å². The Morgan fingerprint density at radius 1 is 1.44 bits per heavy atom. The van der Waals surface area contributed by atoms with Crippen LogP contribution in [0.1, 0.15) is 17.1 Å². The summed E-state index contributed by atoms with van der Waals surface area (Å²) < 4.78 is 51.3. The minimum Gasteiger partial charge on any atom is -0.432 e. The molecule has 1 fully saturated rings. The van der Waals surface area contributed by atoms with Crippen molar-refractivity contribution in [3.63, 3.8) is 0 Å². The maximum atomic E-state index is 12.3. The zero-order valence-electron chi connectivity index (χ0n) is 14.4. The second-order valence-corrected chi connectivity index (χ2v) is 6.07. The number of rotatable bonds is 6. The summed E-state index contributed by atoms with van der Waals surface area (Å²) in [7, 11) is 1.61. The van der Waals surface area contributed by atoms with Gasteiger partial charge in [0.05, 0.1) is 12.8 Å². The fourth-order valence-electron chi connectivity index (χ4n) is 2.86. The van der Waals surface area contributed by atoms with Crippen LogP contribution in [0.25, 0.3) is 11.3 Å². The minimum absolute atomic E-state index is 0.0866. The Morgan fingerprint density at radius 3 is 3.00 bits per heavy atom. The van der Waals surface area contributed by atoms with E-state index in [4.69, 9.17) is 9.15 Å². The molecule has 1 saturated heterocycles. The molecule has 3 rings (SSSR count). The topological polar surface area (TPSA) is 85.6 Å². The first-order chi connectivity index (χ1) is 12.8. The molecule has 1 aromatic heterocycles. The van der Waals surface area contributed by atoms with Gasteiger partial charge in [-0.2, -0.15) is 0 Å². The third kappa shape index (κ3) is 5.20. The van der Waals surface area contributed by atoms with Gasteiger partial charge in [0, 0.05) is 31.3 Å². The number of carbonyl (C=O) groups excluding carboxylic acids is 1. The number of carbonyl (C=O) groups is 1. The lowest BCUT2D eigenvalue weighted by Crippen LogP contribution is -2.36. The van der Waals surface area contributed by atoms with E-state index < -0.39 is 12.3 Å². The lowest BCUT2D eigenvalue weighted by Gasteiger charge is -2.10. The highest BCUT2D eigenvalue weighted by atomic mass is 19.4. The number of amides is 1. The van der Waals surface area contributed by atoms with Crippen molar-refractivity contribution >= 4 is 5.91 Å². The molecule has 1 aliphatic heterocycles. The van der Waals surface area contributed by atoms with Gasteiger partial charge in [-0.05, 0) is 18.6 Å². The van der Waals surface area contributed by atoms with E-state index in [2.05, 4.69) is 20.4 Å². The number of hydrogen-bond donors (Lipinski definition) is 2. The van der Waals surface area contributed by atoms with E-state index >= 15 is 0 Å². The highest BCUT2D eigenvalue weighted by Gasteiger charge is 2.31. The molecule has 2 atom stereocenters. The van der Waals surface area contributed by atoms with Crippen LogP contribution in [0.4, 0.5) is 13.2 Å². The second-order valence-electron chi connectivity index (χ2n) is 6.07. The molecule has 1 aromatic carbocycles. The van der Waals surface area contributed by atoms with Gasteiger partial charge in [0.1, 0.15) is 5.75 Å². The molecule has 1 aliphatic rings. The molecular weight excluding hydrogens is 367 g/mol. The van der Waals surface area contributed by atoms with Gasteiger partial charge in [0.2, 0.25) is 0 Å². The predicted octanol–water partition coefficient (Wildman–Crippen LogP) is 2.35. The lowest BCUT2D eigenvalue weighted by atomic mass is 10.2. The number of halogens is 3. The van der Waals surface area contributed by atoms with Crippen molar-refractivity contribution in [3.8, 4) is 17.1 Å². The number of nitrogens with zero attached hydrogens (tertiary/aromatic N) is 1. The third-order valence-corrected chi connectivity index (χ3v) is 3.98. The van der Waals surface area contributed by atoms with E-state index in [1.807, 2.05) is 0 Å². The summed E-state index contributed by atoms with van der Waals surface area (Å²) >= 11 is 0. The SMILES string of the molecule is COC[C@H]1C[C@@H](NC(=O)c2ncc(-c3cccc(OC(F)(F)F)c3)o2)CN1. The number of nitrogens with one attached hydrogen (secondary N) is 2. The molecule has 1 amide bonds. The van der Waals surface area contributed by atoms with Crippen LogP contribution >= 0.6 is 0 Å². The van der Waals surface area contributed by atoms with Crippen LogP contribution in [0.15, 0.2) is 34.9 Å². The number of alkyl halides is 3. The molecule has 27 heavy (non-hydrogen) atoms. The number of oxazole rings is 1. The van der Waals surface area contributed by atoms with Crippen LogP contribution in [-0.2, 0) is 4.74 Å². The lowest BCUT2D eigenvalue weighted by molar-refractivity contribution is -0.274. The summed E-state index contributed by atoms with van der Waals surface area (Å²) in [6, 6.07) is 5.32. The normalized spacial score (nSPS) is 19.9. The standard InChI is InChI=1S/C17H18F3N3O4/c1-25-9-12-6-11(7-21-12)23-15(24)16-22-8-14(26-16)10-3-2-4-13(5-10)27-17(18,19)20/h2-5,8,11-12,21H,6-7,9H2,1H3,(H,23,24)/t11-,12-/m1/s1. The Morgan fingerprint density at radius 2 is 2.26 bits per heavy atom. The van der Waals surface area contributed by atoms with Crippen LogP contribution in [0.5, 0.6) is 5.75 Å². The van der Waals surface area contributed by atoms with Crippen LogP contribution in [0.3, 0.4) is 0 Å². The van der Waals surface area contributed by atoms with Gasteiger partial charge in [-0.1, -0.05) is 12.1 Å². The number of methoxy groups -OCH3 is 1. The zero-order valence-corrected chi connectivity index (χ0v) is 14.4. The molecule has 0 aliphatic carbocycles. The number of ether oxygens (including phenoxy) is 2. The van der Waals surface area contributed by atoms with Crippen LogP contribution in [-0.4, -0.2) is 49.6 Å². The first-order valence-corrected chi connectivity index (χ1v) is 8.19. The summed E-state index contributed by atoms with van der Waals surface area (Å²) in [5.74, 6) is -0.880. The summed E-state index contributed by atoms with van der Waals surface area (Å²) in [4.78, 5) is 16.2. The van der Waals surface area contributed by atoms with E-state index in [1.54, 1.807) is 7.11 Å². The average molecular weight is 385 g/mol. The molecule has 0 bridgehead atoms. The molecule has 10 heteroatoms. The highest BCUT2D eigenvalue weighted by Crippen LogP contribution is 2.28. The average Bonchev–Trinajstić information content (AvgIpc) is 3.23. The monoisotopic (exact) mass is 385 g/mol. The molecule has 2 heterocycles. The summed E-state index contributed by atoms with van der Waals surface area (Å²) in [6.45, 7) is 1.15. The highest BCUT2D eigenvalue weighted by molar-refractivity contribution is 5.90. The van der Waals surface area contributed by atoms with Crippen LogP contribution < -0.4 is 15.4 Å². The molecular formula is C17H18F3N3O4. The molecule has 0 unspecified atom stereocenters. The first-order valence-electron chi connectivity index (χ1n) is 8.19. The van der Waals surface area contributed by atoms with Crippen molar-refractivity contribution in [2.75, 3.05) is 20.3 Å². The Labute approximate surface area is 152 Å². The molecule has 146 valence electrons. The Bertz CT molecular complexity index is 794. The van der Waals surface area contributed by atoms with Gasteiger partial charge in [0.15, 0.2) is 5.76 Å². The van der Waals surface area contributed by atoms with Gasteiger partial charge in [-0.15, -0.1) is 13.2 Å². The minimum atomic E-state index is -4.79. The van der Waals surface area contributed by atoms with Crippen LogP contribution in [0.2, 0.25) is 0 Å². The van der Waals surface area contributed by atoms with Crippen molar-refractivity contribution in [1.82, 2.24) is 15.6 Å². The van der Waals surface area contributed by atoms with Crippen molar-refractivity contribution in [1.29, 1.82) is 0 Å². The van der Waals surface area contributed by atoms with E-state index in [9.17, 15) is 18.0 Å². The smallest absolute Gasteiger partial charge is 0.432 e. The maximum absolute atomic E-state index is 12.3. The van der Waals surface area contributed by atoms with E-state index in [0.29, 0.717) is 25.1 Å². The second kappa shape index (κ2) is 7.97. The summed E-state index contributed by atoms with van der Waals surface area (Å²) in [5.41, 5.74) is 0.311. The quantitative estimate of drug-likeness (QED) is 0.794. The largest absolute Gasteiger partial charge is 0.573 e. The van der Waals surface area contributed by atoms with E-state index in [1.165, 1.54) is 24.4 Å². The van der Waals surface area contributed by atoms with Crippen molar-refractivity contribution in [2.24, 2.45) is 0 Å². The molecule has 0 saturated carbocycles. The van der Waals surface area contributed by atoms with Crippen molar-refractivity contribution in [2.45, 2.75) is 24.9 Å². The van der Waals surface area contributed by atoms with Crippen LogP contribution in [0, 0.1) is 0 Å². The van der Waals surface area contributed by atoms with Gasteiger partial charge in [-0.3, -0.25) is 4.79 Å². The van der Waals surface area contributed by atoms with Gasteiger partial charge >= 0.3 is 12.3 Å². The Balaban J connectivity index is 1.64. The summed E-state index contributed by atoms with van der Waals surface area (Å²) in [5, 5.41) is 6.03. The third-order valence-electron chi connectivity index (χ3n) is 3.98. The molecule has 7 nitrogen and oxygen atoms in total. The Kier molecular flexibility index (Phi) is 5.66. The fourth-order valence-corrected chi connectivity index (χ4v) is 2.86. The molecule has 0 spiro atoms. The zero-order chi connectivity index (χ0) is 19.4. The molecule has 0 radical (unpaired) electrons. The fraction of sp³-hybridized carbons (Fsp3) is 0.412. The summed E-state index contributed by atoms with van der Waals surface area (Å²) in [6.07, 6.45) is -2.80. The first kappa shape index (κ1) is 19.2. The predicted molar refractivity (Wildman–Crippen MR) is 88.2 cm³/mol. The van der Waals surface area contributed by atoms with Gasteiger partial charge in [0.25, 0.3) is 5.89 Å². The van der Waals surface area contributed by atoms with Crippen molar-refractivity contribution in [3.05, 3.63) is 36.4 Å².